The molecule has 1 fully saturated rings. The number of halogens is 2. The summed E-state index contributed by atoms with van der Waals surface area (Å²) in [5, 5.41) is 9.01. The second kappa shape index (κ2) is 5.18. The van der Waals surface area contributed by atoms with Crippen molar-refractivity contribution in [3.8, 4) is 0 Å². The molecule has 1 atom stereocenters. The molecule has 0 saturated carbocycles. The minimum Gasteiger partial charge on any atom is -0.480 e. The lowest BCUT2D eigenvalue weighted by molar-refractivity contribution is -0.140. The number of nitrogens with zero attached hydrogens (tertiary/aromatic N) is 1. The molecule has 0 amide bonds. The Morgan fingerprint density at radius 3 is 2.79 bits per heavy atom. The second-order valence-corrected chi connectivity index (χ2v) is 6.88. The fourth-order valence-corrected chi connectivity index (χ4v) is 4.32. The predicted molar refractivity (Wildman–Crippen MR) is 68.6 cm³/mol. The lowest BCUT2D eigenvalue weighted by Crippen LogP contribution is -2.40. The molecule has 0 bridgehead atoms. The zero-order chi connectivity index (χ0) is 14.2. The number of carboxylic acids is 1. The Bertz CT molecular complexity index is 619. The Balaban J connectivity index is 2.48. The van der Waals surface area contributed by atoms with Crippen molar-refractivity contribution in [1.82, 2.24) is 4.31 Å². The number of benzene rings is 1. The van der Waals surface area contributed by atoms with Crippen LogP contribution in [0.2, 0.25) is 0 Å². The average molecular weight is 352 g/mol. The molecule has 19 heavy (non-hydrogen) atoms. The highest BCUT2D eigenvalue weighted by molar-refractivity contribution is 9.10. The third-order valence-corrected chi connectivity index (χ3v) is 5.53. The van der Waals surface area contributed by atoms with Crippen molar-refractivity contribution in [2.24, 2.45) is 0 Å². The zero-order valence-electron chi connectivity index (χ0n) is 9.71. The first kappa shape index (κ1) is 14.4. The first-order chi connectivity index (χ1) is 8.85. The minimum atomic E-state index is -4.14. The van der Waals surface area contributed by atoms with Gasteiger partial charge in [0, 0.05) is 6.54 Å². The molecule has 1 heterocycles. The number of hydrogen-bond acceptors (Lipinski definition) is 3. The van der Waals surface area contributed by atoms with Crippen LogP contribution in [-0.2, 0) is 14.8 Å². The molecule has 1 aromatic carbocycles. The van der Waals surface area contributed by atoms with E-state index in [1.165, 1.54) is 12.1 Å². The third kappa shape index (κ3) is 2.52. The highest BCUT2D eigenvalue weighted by Gasteiger charge is 2.40. The Labute approximate surface area is 118 Å². The van der Waals surface area contributed by atoms with E-state index in [0.29, 0.717) is 6.42 Å². The average Bonchev–Trinajstić information content (AvgIpc) is 2.82. The van der Waals surface area contributed by atoms with Gasteiger partial charge in [0.1, 0.15) is 10.9 Å². The molecule has 8 heteroatoms. The van der Waals surface area contributed by atoms with Crippen LogP contribution in [0.3, 0.4) is 0 Å². The van der Waals surface area contributed by atoms with Gasteiger partial charge in [0.2, 0.25) is 10.0 Å². The molecular weight excluding hydrogens is 341 g/mol. The maximum atomic E-state index is 13.9. The molecular formula is C11H11BrFNO4S. The van der Waals surface area contributed by atoms with E-state index in [-0.39, 0.29) is 17.4 Å². The summed E-state index contributed by atoms with van der Waals surface area (Å²) in [7, 11) is -4.14. The van der Waals surface area contributed by atoms with E-state index in [1.807, 2.05) is 0 Å². The molecule has 1 aliphatic heterocycles. The van der Waals surface area contributed by atoms with Gasteiger partial charge in [-0.25, -0.2) is 12.8 Å². The van der Waals surface area contributed by atoms with Crippen LogP contribution < -0.4 is 0 Å². The molecule has 104 valence electrons. The van der Waals surface area contributed by atoms with Crippen molar-refractivity contribution < 1.29 is 22.7 Å². The van der Waals surface area contributed by atoms with Gasteiger partial charge in [-0.1, -0.05) is 6.07 Å². The molecule has 0 aliphatic carbocycles. The monoisotopic (exact) mass is 351 g/mol. The summed E-state index contributed by atoms with van der Waals surface area (Å²) in [5.74, 6) is -2.12. The Kier molecular flexibility index (Phi) is 3.93. The van der Waals surface area contributed by atoms with E-state index >= 15 is 0 Å². The largest absolute Gasteiger partial charge is 0.480 e. The quantitative estimate of drug-likeness (QED) is 0.901. The van der Waals surface area contributed by atoms with Crippen LogP contribution in [-0.4, -0.2) is 36.4 Å². The van der Waals surface area contributed by atoms with Crippen molar-refractivity contribution in [2.45, 2.75) is 23.8 Å². The SMILES string of the molecule is O=C(O)C1CCCN1S(=O)(=O)c1cccc(Br)c1F. The van der Waals surface area contributed by atoms with Gasteiger partial charge in [0.05, 0.1) is 4.47 Å². The fraction of sp³-hybridized carbons (Fsp3) is 0.364. The van der Waals surface area contributed by atoms with Crippen LogP contribution in [0.25, 0.3) is 0 Å². The van der Waals surface area contributed by atoms with E-state index in [0.717, 1.165) is 10.4 Å². The molecule has 0 radical (unpaired) electrons. The van der Waals surface area contributed by atoms with Crippen LogP contribution in [0.5, 0.6) is 0 Å². The van der Waals surface area contributed by atoms with E-state index in [9.17, 15) is 17.6 Å². The molecule has 1 aliphatic rings. The summed E-state index contributed by atoms with van der Waals surface area (Å²) in [6.45, 7) is 0.0885. The molecule has 0 spiro atoms. The third-order valence-electron chi connectivity index (χ3n) is 2.99. The van der Waals surface area contributed by atoms with Crippen molar-refractivity contribution in [3.05, 3.63) is 28.5 Å². The van der Waals surface area contributed by atoms with E-state index in [4.69, 9.17) is 5.11 Å². The van der Waals surface area contributed by atoms with Gasteiger partial charge in [0.15, 0.2) is 5.82 Å². The molecule has 1 N–H and O–H groups in total. The number of carbonyl (C=O) groups is 1. The second-order valence-electron chi connectivity index (χ2n) is 4.16. The summed E-state index contributed by atoms with van der Waals surface area (Å²) >= 11 is 2.92. The van der Waals surface area contributed by atoms with Crippen LogP contribution >= 0.6 is 15.9 Å². The van der Waals surface area contributed by atoms with Crippen LogP contribution in [0.1, 0.15) is 12.8 Å². The van der Waals surface area contributed by atoms with Gasteiger partial charge >= 0.3 is 5.97 Å². The number of carboxylic acid groups (broad SMARTS) is 1. The summed E-state index contributed by atoms with van der Waals surface area (Å²) < 4.78 is 39.4. The molecule has 1 unspecified atom stereocenters. The van der Waals surface area contributed by atoms with Crippen molar-refractivity contribution in [2.75, 3.05) is 6.54 Å². The lowest BCUT2D eigenvalue weighted by Gasteiger charge is -2.21. The Morgan fingerprint density at radius 1 is 1.47 bits per heavy atom. The highest BCUT2D eigenvalue weighted by Crippen LogP contribution is 2.30. The lowest BCUT2D eigenvalue weighted by atomic mass is 10.2. The summed E-state index contributed by atoms with van der Waals surface area (Å²) in [4.78, 5) is 10.5. The first-order valence-electron chi connectivity index (χ1n) is 5.54. The van der Waals surface area contributed by atoms with Gasteiger partial charge in [-0.3, -0.25) is 4.79 Å². The molecule has 1 saturated heterocycles. The number of hydrogen-bond donors (Lipinski definition) is 1. The molecule has 0 aromatic heterocycles. The smallest absolute Gasteiger partial charge is 0.322 e. The minimum absolute atomic E-state index is 0.0275. The van der Waals surface area contributed by atoms with Gasteiger partial charge in [-0.05, 0) is 40.9 Å². The Hall–Kier alpha value is -0.990. The standard InChI is InChI=1S/C11H11BrFNO4S/c12-7-3-1-5-9(10(7)13)19(17,18)14-6-2-4-8(14)11(15)16/h1,3,5,8H,2,4,6H2,(H,15,16). The van der Waals surface area contributed by atoms with E-state index < -0.39 is 32.7 Å². The normalized spacial score (nSPS) is 20.6. The van der Waals surface area contributed by atoms with Crippen LogP contribution in [0.15, 0.2) is 27.6 Å². The molecule has 5 nitrogen and oxygen atoms in total. The van der Waals surface area contributed by atoms with Crippen molar-refractivity contribution in [3.63, 3.8) is 0 Å². The van der Waals surface area contributed by atoms with Crippen molar-refractivity contribution in [1.29, 1.82) is 0 Å². The van der Waals surface area contributed by atoms with Crippen LogP contribution in [0.4, 0.5) is 4.39 Å². The van der Waals surface area contributed by atoms with Crippen LogP contribution in [0, 0.1) is 5.82 Å². The number of rotatable bonds is 3. The predicted octanol–water partition coefficient (Wildman–Crippen LogP) is 1.83. The first-order valence-corrected chi connectivity index (χ1v) is 7.77. The highest BCUT2D eigenvalue weighted by atomic mass is 79.9. The van der Waals surface area contributed by atoms with Gasteiger partial charge < -0.3 is 5.11 Å². The zero-order valence-corrected chi connectivity index (χ0v) is 12.1. The number of aliphatic carboxylic acids is 1. The fourth-order valence-electron chi connectivity index (χ4n) is 2.08. The summed E-state index contributed by atoms with van der Waals surface area (Å²) in [6.07, 6.45) is 0.690. The Morgan fingerprint density at radius 2 is 2.16 bits per heavy atom. The van der Waals surface area contributed by atoms with Gasteiger partial charge in [-0.2, -0.15) is 4.31 Å². The molecule has 2 rings (SSSR count). The van der Waals surface area contributed by atoms with E-state index in [2.05, 4.69) is 15.9 Å². The van der Waals surface area contributed by atoms with E-state index in [1.54, 1.807) is 0 Å². The van der Waals surface area contributed by atoms with Crippen molar-refractivity contribution >= 4 is 31.9 Å². The topological polar surface area (TPSA) is 74.7 Å². The summed E-state index contributed by atoms with van der Waals surface area (Å²) in [6, 6.07) is 2.79. The maximum Gasteiger partial charge on any atom is 0.322 e. The summed E-state index contributed by atoms with van der Waals surface area (Å²) in [5.41, 5.74) is 0. The van der Waals surface area contributed by atoms with Gasteiger partial charge in [0.25, 0.3) is 0 Å². The van der Waals surface area contributed by atoms with Gasteiger partial charge in [-0.15, -0.1) is 0 Å². The maximum absolute atomic E-state index is 13.9. The molecule has 1 aromatic rings. The number of sulfonamides is 1.